The monoisotopic (exact) mass is 271 g/mol. The van der Waals surface area contributed by atoms with Crippen molar-refractivity contribution < 1.29 is 0 Å². The van der Waals surface area contributed by atoms with E-state index in [1.165, 1.54) is 11.3 Å². The summed E-state index contributed by atoms with van der Waals surface area (Å²) in [5.41, 5.74) is 2.67. The zero-order valence-electron chi connectivity index (χ0n) is 9.84. The Balaban J connectivity index is 2.46. The quantitative estimate of drug-likeness (QED) is 0.723. The topological polar surface area (TPSA) is 21.1 Å². The predicted octanol–water partition coefficient (Wildman–Crippen LogP) is 2.39. The van der Waals surface area contributed by atoms with Gasteiger partial charge in [-0.15, -0.1) is 0 Å². The van der Waals surface area contributed by atoms with E-state index in [1.54, 1.807) is 0 Å². The third kappa shape index (κ3) is 1.97. The minimum absolute atomic E-state index is 0.0503. The van der Waals surface area contributed by atoms with Crippen LogP contribution < -0.4 is 0 Å². The highest BCUT2D eigenvalue weighted by Gasteiger charge is 2.26. The van der Waals surface area contributed by atoms with Crippen molar-refractivity contribution >= 4 is 15.9 Å². The zero-order chi connectivity index (χ0) is 11.2. The van der Waals surface area contributed by atoms with Gasteiger partial charge in [0, 0.05) is 25.1 Å². The Morgan fingerprint density at radius 3 is 2.60 bits per heavy atom. The Hall–Kier alpha value is -0.350. The lowest BCUT2D eigenvalue weighted by atomic mass is 10.1. The van der Waals surface area contributed by atoms with Gasteiger partial charge in [0.05, 0.1) is 11.2 Å². The van der Waals surface area contributed by atoms with Gasteiger partial charge in [-0.25, -0.2) is 0 Å². The maximum absolute atomic E-state index is 4.70. The molecule has 0 aliphatic carbocycles. The summed E-state index contributed by atoms with van der Waals surface area (Å²) in [7, 11) is 2.16. The number of hydrogen-bond acceptors (Lipinski definition) is 2. The van der Waals surface area contributed by atoms with Crippen LogP contribution in [0.15, 0.2) is 4.60 Å². The van der Waals surface area contributed by atoms with Crippen LogP contribution in [0.25, 0.3) is 0 Å². The molecule has 0 bridgehead atoms. The molecule has 2 heterocycles. The summed E-state index contributed by atoms with van der Waals surface area (Å²) in [4.78, 5) is 2.34. The van der Waals surface area contributed by atoms with Crippen LogP contribution in [0.2, 0.25) is 0 Å². The van der Waals surface area contributed by atoms with E-state index >= 15 is 0 Å². The Labute approximate surface area is 99.6 Å². The summed E-state index contributed by atoms with van der Waals surface area (Å²) in [6, 6.07) is 0. The Kier molecular flexibility index (Phi) is 2.67. The molecule has 15 heavy (non-hydrogen) atoms. The van der Waals surface area contributed by atoms with Gasteiger partial charge in [0.1, 0.15) is 4.60 Å². The second-order valence-corrected chi connectivity index (χ2v) is 6.04. The molecule has 0 saturated heterocycles. The van der Waals surface area contributed by atoms with Gasteiger partial charge in [0.25, 0.3) is 0 Å². The van der Waals surface area contributed by atoms with Crippen molar-refractivity contribution in [2.45, 2.75) is 39.3 Å². The SMILES string of the molecule is CN1CCc2nn(C(C)(C)C)c(Br)c2C1. The first-order valence-corrected chi connectivity index (χ1v) is 6.14. The lowest BCUT2D eigenvalue weighted by Crippen LogP contribution is -2.26. The van der Waals surface area contributed by atoms with Crippen LogP contribution in [0, 0.1) is 0 Å². The van der Waals surface area contributed by atoms with Gasteiger partial charge < -0.3 is 4.90 Å². The molecule has 0 amide bonds. The van der Waals surface area contributed by atoms with Crippen LogP contribution in [0.4, 0.5) is 0 Å². The third-order valence-corrected chi connectivity index (χ3v) is 3.61. The normalized spacial score (nSPS) is 17.9. The summed E-state index contributed by atoms with van der Waals surface area (Å²) in [6.07, 6.45) is 1.06. The molecule has 84 valence electrons. The van der Waals surface area contributed by atoms with Crippen molar-refractivity contribution in [3.63, 3.8) is 0 Å². The molecule has 0 saturated carbocycles. The second kappa shape index (κ2) is 3.59. The molecule has 0 radical (unpaired) electrons. The number of hydrogen-bond donors (Lipinski definition) is 0. The largest absolute Gasteiger partial charge is 0.302 e. The van der Waals surface area contributed by atoms with Crippen LogP contribution in [0.1, 0.15) is 32.0 Å². The maximum Gasteiger partial charge on any atom is 0.109 e. The smallest absolute Gasteiger partial charge is 0.109 e. The molecule has 1 aromatic heterocycles. The van der Waals surface area contributed by atoms with Crippen LogP contribution in [0.3, 0.4) is 0 Å². The van der Waals surface area contributed by atoms with E-state index in [9.17, 15) is 0 Å². The highest BCUT2D eigenvalue weighted by Crippen LogP contribution is 2.30. The summed E-state index contributed by atoms with van der Waals surface area (Å²) in [5.74, 6) is 0. The Morgan fingerprint density at radius 1 is 1.33 bits per heavy atom. The summed E-state index contributed by atoms with van der Waals surface area (Å²) >= 11 is 3.67. The maximum atomic E-state index is 4.70. The van der Waals surface area contributed by atoms with Crippen LogP contribution >= 0.6 is 15.9 Å². The van der Waals surface area contributed by atoms with Gasteiger partial charge >= 0.3 is 0 Å². The van der Waals surface area contributed by atoms with Crippen molar-refractivity contribution in [2.24, 2.45) is 0 Å². The van der Waals surface area contributed by atoms with Gasteiger partial charge in [-0.05, 0) is 43.7 Å². The van der Waals surface area contributed by atoms with Gasteiger partial charge in [-0.3, -0.25) is 4.68 Å². The number of nitrogens with zero attached hydrogens (tertiary/aromatic N) is 3. The summed E-state index contributed by atoms with van der Waals surface area (Å²) in [5, 5.41) is 4.70. The van der Waals surface area contributed by atoms with Crippen molar-refractivity contribution in [2.75, 3.05) is 13.6 Å². The molecule has 3 nitrogen and oxygen atoms in total. The molecule has 0 unspecified atom stereocenters. The van der Waals surface area contributed by atoms with E-state index in [0.717, 1.165) is 24.1 Å². The molecule has 1 aliphatic heterocycles. The molecule has 0 atom stereocenters. The molecular weight excluding hydrogens is 254 g/mol. The third-order valence-electron chi connectivity index (χ3n) is 2.80. The molecule has 4 heteroatoms. The summed E-state index contributed by atoms with van der Waals surface area (Å²) in [6.45, 7) is 8.66. The highest BCUT2D eigenvalue weighted by molar-refractivity contribution is 9.10. The average Bonchev–Trinajstić information content (AvgIpc) is 2.43. The average molecular weight is 272 g/mol. The van der Waals surface area contributed by atoms with E-state index < -0.39 is 0 Å². The molecule has 1 aliphatic rings. The Bertz CT molecular complexity index is 376. The molecule has 0 N–H and O–H groups in total. The number of fused-ring (bicyclic) bond motifs is 1. The predicted molar refractivity (Wildman–Crippen MR) is 65.0 cm³/mol. The molecular formula is C11H18BrN3. The fraction of sp³-hybridized carbons (Fsp3) is 0.727. The fourth-order valence-electron chi connectivity index (χ4n) is 1.92. The first-order chi connectivity index (χ1) is 6.89. The molecule has 0 aromatic carbocycles. The van der Waals surface area contributed by atoms with Gasteiger partial charge in [-0.2, -0.15) is 5.10 Å². The number of halogens is 1. The second-order valence-electron chi connectivity index (χ2n) is 5.29. The van der Waals surface area contributed by atoms with E-state index in [2.05, 4.69) is 53.3 Å². The first-order valence-electron chi connectivity index (χ1n) is 5.35. The molecule has 2 rings (SSSR count). The van der Waals surface area contributed by atoms with Crippen molar-refractivity contribution in [3.8, 4) is 0 Å². The van der Waals surface area contributed by atoms with E-state index in [0.29, 0.717) is 0 Å². The number of rotatable bonds is 0. The lowest BCUT2D eigenvalue weighted by molar-refractivity contribution is 0.311. The first kappa shape index (κ1) is 11.1. The van der Waals surface area contributed by atoms with E-state index in [-0.39, 0.29) is 5.54 Å². The molecule has 1 aromatic rings. The van der Waals surface area contributed by atoms with Crippen molar-refractivity contribution in [1.82, 2.24) is 14.7 Å². The number of likely N-dealkylation sites (N-methyl/N-ethyl adjacent to an activating group) is 1. The molecule has 0 fully saturated rings. The lowest BCUT2D eigenvalue weighted by Gasteiger charge is -2.21. The van der Waals surface area contributed by atoms with Gasteiger partial charge in [-0.1, -0.05) is 0 Å². The Morgan fingerprint density at radius 2 is 2.00 bits per heavy atom. The highest BCUT2D eigenvalue weighted by atomic mass is 79.9. The summed E-state index contributed by atoms with van der Waals surface area (Å²) < 4.78 is 3.24. The van der Waals surface area contributed by atoms with Gasteiger partial charge in [0.2, 0.25) is 0 Å². The zero-order valence-corrected chi connectivity index (χ0v) is 11.4. The molecule has 0 spiro atoms. The number of aromatic nitrogens is 2. The van der Waals surface area contributed by atoms with E-state index in [4.69, 9.17) is 5.10 Å². The fourth-order valence-corrected chi connectivity index (χ4v) is 2.88. The van der Waals surface area contributed by atoms with Gasteiger partial charge in [0.15, 0.2) is 0 Å². The van der Waals surface area contributed by atoms with Crippen LogP contribution in [-0.2, 0) is 18.5 Å². The van der Waals surface area contributed by atoms with E-state index in [1.807, 2.05) is 0 Å². The minimum atomic E-state index is 0.0503. The van der Waals surface area contributed by atoms with Crippen molar-refractivity contribution in [3.05, 3.63) is 15.9 Å². The standard InChI is InChI=1S/C11H18BrN3/c1-11(2,3)15-10(12)8-7-14(4)6-5-9(8)13-15/h5-7H2,1-4H3. The van der Waals surface area contributed by atoms with Crippen molar-refractivity contribution in [1.29, 1.82) is 0 Å². The van der Waals surface area contributed by atoms with Crippen LogP contribution in [-0.4, -0.2) is 28.3 Å². The van der Waals surface area contributed by atoms with Crippen LogP contribution in [0.5, 0.6) is 0 Å². The minimum Gasteiger partial charge on any atom is -0.302 e.